The van der Waals surface area contributed by atoms with Crippen LogP contribution in [0.4, 0.5) is 0 Å². The van der Waals surface area contributed by atoms with E-state index in [0.717, 1.165) is 12.8 Å². The second kappa shape index (κ2) is 6.87. The maximum atomic E-state index is 6.72. The van der Waals surface area contributed by atoms with Gasteiger partial charge in [0.2, 0.25) is 0 Å². The van der Waals surface area contributed by atoms with Gasteiger partial charge < -0.3 is 4.43 Å². The molecule has 5 heteroatoms. The first-order valence-electron chi connectivity index (χ1n) is 9.60. The van der Waals surface area contributed by atoms with Gasteiger partial charge in [0.25, 0.3) is 0 Å². The zero-order valence-corrected chi connectivity index (χ0v) is 16.8. The Hall–Kier alpha value is -0.753. The van der Waals surface area contributed by atoms with Gasteiger partial charge in [-0.2, -0.15) is 5.48 Å². The molecule has 1 aliphatic carbocycles. The normalized spacial score (nSPS) is 30.2. The Morgan fingerprint density at radius 3 is 2.67 bits per heavy atom. The van der Waals surface area contributed by atoms with E-state index in [1.54, 1.807) is 0 Å². The third-order valence-electron chi connectivity index (χ3n) is 6.55. The fourth-order valence-electron chi connectivity index (χ4n) is 4.75. The second-order valence-electron chi connectivity index (χ2n) is 7.40. The van der Waals surface area contributed by atoms with Crippen LogP contribution in [0, 0.1) is 5.92 Å². The fraction of sp³-hybridized carbons (Fsp3) is 0.737. The highest BCUT2D eigenvalue weighted by Gasteiger charge is 2.57. The molecule has 1 fully saturated rings. The Morgan fingerprint density at radius 2 is 2.04 bits per heavy atom. The fourth-order valence-corrected chi connectivity index (χ4v) is 7.68. The van der Waals surface area contributed by atoms with E-state index in [2.05, 4.69) is 51.1 Å². The van der Waals surface area contributed by atoms with Crippen molar-refractivity contribution in [3.63, 3.8) is 0 Å². The molecule has 1 aromatic rings. The molecule has 0 spiro atoms. The Morgan fingerprint density at radius 1 is 1.33 bits per heavy atom. The summed E-state index contributed by atoms with van der Waals surface area (Å²) in [6.07, 6.45) is 4.13. The third kappa shape index (κ3) is 2.66. The average molecular weight is 349 g/mol. The molecule has 0 radical (unpaired) electrons. The van der Waals surface area contributed by atoms with Crippen LogP contribution in [0.5, 0.6) is 0 Å². The standard InChI is InChI=1S/C19H32N2O2Si/c1-6-19-16(13-15-11-10-12-20-18(15)19)17(22-21-19)14(5)23-24(7-2,8-3)9-4/h10-12,14,16-17,21H,6-9,13H2,1-5H3/t14-,16+,17+,19-/m1/s1. The maximum Gasteiger partial charge on any atom is 0.192 e. The molecular formula is C19H32N2O2Si. The van der Waals surface area contributed by atoms with Gasteiger partial charge in [0.05, 0.1) is 17.3 Å². The topological polar surface area (TPSA) is 43.4 Å². The predicted octanol–water partition coefficient (Wildman–Crippen LogP) is 4.17. The number of pyridine rings is 1. The third-order valence-corrected chi connectivity index (χ3v) is 11.3. The van der Waals surface area contributed by atoms with Crippen LogP contribution in [0.2, 0.25) is 18.1 Å². The van der Waals surface area contributed by atoms with Gasteiger partial charge in [-0.3, -0.25) is 9.82 Å². The van der Waals surface area contributed by atoms with Crippen molar-refractivity contribution in [2.24, 2.45) is 5.92 Å². The Kier molecular flexibility index (Phi) is 5.16. The largest absolute Gasteiger partial charge is 0.411 e. The summed E-state index contributed by atoms with van der Waals surface area (Å²) in [5.74, 6) is 0.402. The highest BCUT2D eigenvalue weighted by atomic mass is 28.4. The van der Waals surface area contributed by atoms with Gasteiger partial charge >= 0.3 is 0 Å². The molecule has 1 saturated heterocycles. The van der Waals surface area contributed by atoms with Crippen LogP contribution in [0.25, 0.3) is 0 Å². The second-order valence-corrected chi connectivity index (χ2v) is 12.1. The van der Waals surface area contributed by atoms with E-state index >= 15 is 0 Å². The van der Waals surface area contributed by atoms with Gasteiger partial charge in [0, 0.05) is 12.1 Å². The molecule has 24 heavy (non-hydrogen) atoms. The number of fused-ring (bicyclic) bond motifs is 3. The lowest BCUT2D eigenvalue weighted by atomic mass is 9.80. The first kappa shape index (κ1) is 18.1. The zero-order valence-electron chi connectivity index (χ0n) is 15.8. The van der Waals surface area contributed by atoms with Crippen LogP contribution in [0.3, 0.4) is 0 Å². The van der Waals surface area contributed by atoms with Crippen LogP contribution in [-0.4, -0.2) is 25.5 Å². The lowest BCUT2D eigenvalue weighted by Gasteiger charge is -2.35. The summed E-state index contributed by atoms with van der Waals surface area (Å²) in [4.78, 5) is 10.8. The summed E-state index contributed by atoms with van der Waals surface area (Å²) in [5.41, 5.74) is 5.78. The van der Waals surface area contributed by atoms with Crippen molar-refractivity contribution in [1.82, 2.24) is 10.5 Å². The van der Waals surface area contributed by atoms with Crippen molar-refractivity contribution in [2.45, 2.75) is 83.3 Å². The average Bonchev–Trinajstić information content (AvgIpc) is 3.14. The first-order chi connectivity index (χ1) is 11.6. The summed E-state index contributed by atoms with van der Waals surface area (Å²) in [7, 11) is -1.63. The SMILES string of the molecule is CC[C@@]12NO[C@@H]([C@@H](C)O[Si](CC)(CC)CC)[C@@H]1Cc1cccnc12. The van der Waals surface area contributed by atoms with Gasteiger partial charge in [-0.15, -0.1) is 0 Å². The molecule has 4 atom stereocenters. The molecule has 4 nitrogen and oxygen atoms in total. The number of nitrogens with one attached hydrogen (secondary N) is 1. The molecule has 2 aliphatic rings. The molecule has 3 rings (SSSR count). The van der Waals surface area contributed by atoms with Gasteiger partial charge in [-0.25, -0.2) is 0 Å². The lowest BCUT2D eigenvalue weighted by molar-refractivity contribution is -0.0485. The molecule has 0 amide bonds. The number of hydrogen-bond donors (Lipinski definition) is 1. The summed E-state index contributed by atoms with van der Waals surface area (Å²) in [6.45, 7) is 11.3. The van der Waals surface area contributed by atoms with E-state index in [1.807, 2.05) is 12.3 Å². The number of nitrogens with zero attached hydrogens (tertiary/aromatic N) is 1. The molecule has 0 saturated carbocycles. The van der Waals surface area contributed by atoms with E-state index in [9.17, 15) is 0 Å². The van der Waals surface area contributed by atoms with Gasteiger partial charge in [-0.05, 0) is 49.5 Å². The van der Waals surface area contributed by atoms with Crippen LogP contribution in [0.15, 0.2) is 18.3 Å². The van der Waals surface area contributed by atoms with Crippen molar-refractivity contribution in [3.05, 3.63) is 29.6 Å². The van der Waals surface area contributed by atoms with E-state index in [0.29, 0.717) is 5.92 Å². The van der Waals surface area contributed by atoms with Crippen molar-refractivity contribution in [1.29, 1.82) is 0 Å². The minimum Gasteiger partial charge on any atom is -0.411 e. The van der Waals surface area contributed by atoms with Crippen molar-refractivity contribution in [3.8, 4) is 0 Å². The number of aromatic nitrogens is 1. The summed E-state index contributed by atoms with van der Waals surface area (Å²) in [6, 6.07) is 7.79. The Balaban J connectivity index is 1.83. The quantitative estimate of drug-likeness (QED) is 0.751. The molecule has 2 heterocycles. The minimum atomic E-state index is -1.63. The molecule has 0 aromatic carbocycles. The van der Waals surface area contributed by atoms with Gasteiger partial charge in [0.15, 0.2) is 8.32 Å². The van der Waals surface area contributed by atoms with E-state index in [4.69, 9.17) is 9.26 Å². The highest BCUT2D eigenvalue weighted by Crippen LogP contribution is 2.49. The number of hydroxylamine groups is 1. The van der Waals surface area contributed by atoms with Crippen LogP contribution < -0.4 is 5.48 Å². The maximum absolute atomic E-state index is 6.72. The molecule has 0 bridgehead atoms. The van der Waals surface area contributed by atoms with Crippen molar-refractivity contribution >= 4 is 8.32 Å². The van der Waals surface area contributed by atoms with Crippen molar-refractivity contribution in [2.75, 3.05) is 0 Å². The van der Waals surface area contributed by atoms with Gasteiger partial charge in [0.1, 0.15) is 6.10 Å². The lowest BCUT2D eigenvalue weighted by Crippen LogP contribution is -2.45. The van der Waals surface area contributed by atoms with Gasteiger partial charge in [-0.1, -0.05) is 33.8 Å². The smallest absolute Gasteiger partial charge is 0.192 e. The summed E-state index contributed by atoms with van der Waals surface area (Å²) in [5, 5.41) is 0. The molecular weight excluding hydrogens is 316 g/mol. The van der Waals surface area contributed by atoms with Crippen molar-refractivity contribution < 1.29 is 9.26 Å². The molecule has 1 N–H and O–H groups in total. The molecule has 134 valence electrons. The van der Waals surface area contributed by atoms with Crippen LogP contribution in [0.1, 0.15) is 52.3 Å². The summed E-state index contributed by atoms with van der Waals surface area (Å²) >= 11 is 0. The number of rotatable bonds is 7. The first-order valence-corrected chi connectivity index (χ1v) is 12.1. The Bertz CT molecular complexity index is 570. The minimum absolute atomic E-state index is 0.0932. The molecule has 1 aromatic heterocycles. The van der Waals surface area contributed by atoms with E-state index in [-0.39, 0.29) is 17.7 Å². The van der Waals surface area contributed by atoms with Crippen LogP contribution >= 0.6 is 0 Å². The highest BCUT2D eigenvalue weighted by molar-refractivity contribution is 6.73. The Labute approximate surface area is 147 Å². The monoisotopic (exact) mass is 348 g/mol. The zero-order chi connectivity index (χ0) is 17.4. The molecule has 1 aliphatic heterocycles. The van der Waals surface area contributed by atoms with E-state index < -0.39 is 8.32 Å². The number of hydrogen-bond acceptors (Lipinski definition) is 4. The predicted molar refractivity (Wildman–Crippen MR) is 99.2 cm³/mol. The van der Waals surface area contributed by atoms with E-state index in [1.165, 1.54) is 29.4 Å². The van der Waals surface area contributed by atoms with Crippen LogP contribution in [-0.2, 0) is 21.2 Å². The molecule has 0 unspecified atom stereocenters. The summed E-state index contributed by atoms with van der Waals surface area (Å²) < 4.78 is 6.72.